The van der Waals surface area contributed by atoms with E-state index in [9.17, 15) is 0 Å². The highest BCUT2D eigenvalue weighted by Gasteiger charge is 2.08. The van der Waals surface area contributed by atoms with Crippen molar-refractivity contribution in [2.75, 3.05) is 0 Å². The van der Waals surface area contributed by atoms with Crippen LogP contribution in [0.4, 0.5) is 0 Å². The maximum Gasteiger partial charge on any atom is 0.141 e. The third-order valence-electron chi connectivity index (χ3n) is 2.16. The van der Waals surface area contributed by atoms with Gasteiger partial charge in [0.1, 0.15) is 11.8 Å². The van der Waals surface area contributed by atoms with E-state index in [1.54, 1.807) is 18.2 Å². The summed E-state index contributed by atoms with van der Waals surface area (Å²) in [6.45, 7) is 1.88. The van der Waals surface area contributed by atoms with E-state index in [4.69, 9.17) is 28.5 Å². The molecule has 74 valence electrons. The molecule has 2 rings (SSSR count). The first-order chi connectivity index (χ1) is 7.13. The molecule has 0 radical (unpaired) electrons. The first kappa shape index (κ1) is 10.2. The number of aromatic nitrogens is 1. The van der Waals surface area contributed by atoms with Gasteiger partial charge in [-0.1, -0.05) is 23.2 Å². The summed E-state index contributed by atoms with van der Waals surface area (Å²) in [6, 6.07) is 7.11. The summed E-state index contributed by atoms with van der Waals surface area (Å²) in [5, 5.41) is 10.7. The number of hydrogen-bond acceptors (Lipinski definition) is 2. The first-order valence-electron chi connectivity index (χ1n) is 4.29. The van der Waals surface area contributed by atoms with Crippen LogP contribution in [0.5, 0.6) is 0 Å². The number of halogens is 2. The van der Waals surface area contributed by atoms with Crippen LogP contribution in [0.1, 0.15) is 11.3 Å². The summed E-state index contributed by atoms with van der Waals surface area (Å²) in [5.41, 5.74) is 1.82. The van der Waals surface area contributed by atoms with Crippen LogP contribution in [-0.4, -0.2) is 4.98 Å². The summed E-state index contributed by atoms with van der Waals surface area (Å²) >= 11 is 12.1. The summed E-state index contributed by atoms with van der Waals surface area (Å²) in [5.74, 6) is 0. The van der Waals surface area contributed by atoms with Gasteiger partial charge in [0.15, 0.2) is 0 Å². The summed E-state index contributed by atoms with van der Waals surface area (Å²) in [6.07, 6.45) is 0. The van der Waals surface area contributed by atoms with Crippen LogP contribution in [0.25, 0.3) is 10.9 Å². The van der Waals surface area contributed by atoms with Gasteiger partial charge in [-0.05, 0) is 30.7 Å². The average molecular weight is 237 g/mol. The molecule has 15 heavy (non-hydrogen) atoms. The van der Waals surface area contributed by atoms with Gasteiger partial charge in [0.2, 0.25) is 0 Å². The van der Waals surface area contributed by atoms with Crippen molar-refractivity contribution in [2.24, 2.45) is 0 Å². The Balaban J connectivity index is 2.91. The van der Waals surface area contributed by atoms with Gasteiger partial charge < -0.3 is 0 Å². The Hall–Kier alpha value is -1.30. The van der Waals surface area contributed by atoms with Gasteiger partial charge in [0, 0.05) is 5.39 Å². The quantitative estimate of drug-likeness (QED) is 0.700. The third kappa shape index (κ3) is 1.65. The molecule has 0 unspecified atom stereocenters. The highest BCUT2D eigenvalue weighted by molar-refractivity contribution is 6.40. The molecule has 1 heterocycles. The van der Waals surface area contributed by atoms with Gasteiger partial charge in [-0.25, -0.2) is 4.98 Å². The molecule has 0 saturated heterocycles. The molecule has 0 bridgehead atoms. The monoisotopic (exact) mass is 236 g/mol. The molecule has 4 heteroatoms. The van der Waals surface area contributed by atoms with Gasteiger partial charge in [0.25, 0.3) is 0 Å². The lowest BCUT2D eigenvalue weighted by Crippen LogP contribution is -1.88. The van der Waals surface area contributed by atoms with Crippen molar-refractivity contribution in [1.82, 2.24) is 4.98 Å². The maximum absolute atomic E-state index is 8.72. The zero-order chi connectivity index (χ0) is 11.0. The highest BCUT2D eigenvalue weighted by atomic mass is 35.5. The van der Waals surface area contributed by atoms with Gasteiger partial charge in [0.05, 0.1) is 15.6 Å². The molecule has 0 N–H and O–H groups in total. The number of nitrogens with zero attached hydrogens (tertiary/aromatic N) is 2. The minimum atomic E-state index is 0.337. The van der Waals surface area contributed by atoms with Crippen LogP contribution >= 0.6 is 23.2 Å². The topological polar surface area (TPSA) is 36.7 Å². The number of rotatable bonds is 0. The van der Waals surface area contributed by atoms with Crippen molar-refractivity contribution in [2.45, 2.75) is 6.92 Å². The van der Waals surface area contributed by atoms with Gasteiger partial charge >= 0.3 is 0 Å². The first-order valence-corrected chi connectivity index (χ1v) is 5.04. The Labute approximate surface area is 97.1 Å². The Kier molecular flexibility index (Phi) is 2.52. The van der Waals surface area contributed by atoms with Crippen LogP contribution < -0.4 is 0 Å². The molecule has 0 aliphatic carbocycles. The van der Waals surface area contributed by atoms with Crippen molar-refractivity contribution in [3.05, 3.63) is 39.5 Å². The molecule has 1 aromatic carbocycles. The van der Waals surface area contributed by atoms with E-state index in [0.29, 0.717) is 21.3 Å². The fourth-order valence-corrected chi connectivity index (χ4v) is 1.93. The van der Waals surface area contributed by atoms with E-state index >= 15 is 0 Å². The summed E-state index contributed by atoms with van der Waals surface area (Å²) in [4.78, 5) is 4.12. The molecule has 0 amide bonds. The Morgan fingerprint density at radius 3 is 2.73 bits per heavy atom. The number of pyridine rings is 1. The lowest BCUT2D eigenvalue weighted by molar-refractivity contribution is 1.32. The zero-order valence-corrected chi connectivity index (χ0v) is 9.39. The van der Waals surface area contributed by atoms with Gasteiger partial charge in [-0.3, -0.25) is 0 Å². The largest absolute Gasteiger partial charge is 0.235 e. The maximum atomic E-state index is 8.72. The molecule has 0 aliphatic heterocycles. The number of nitriles is 1. The highest BCUT2D eigenvalue weighted by Crippen LogP contribution is 2.31. The number of benzene rings is 1. The second-order valence-electron chi connectivity index (χ2n) is 3.19. The second kappa shape index (κ2) is 3.69. The van der Waals surface area contributed by atoms with Crippen LogP contribution in [0.3, 0.4) is 0 Å². The van der Waals surface area contributed by atoms with Crippen molar-refractivity contribution in [3.63, 3.8) is 0 Å². The zero-order valence-electron chi connectivity index (χ0n) is 7.88. The molecular weight excluding hydrogens is 231 g/mol. The molecule has 0 saturated carbocycles. The minimum Gasteiger partial charge on any atom is -0.235 e. The molecule has 2 aromatic rings. The SMILES string of the molecule is Cc1cc(Cl)c2nc(C#N)ccc2c1Cl. The van der Waals surface area contributed by atoms with Crippen molar-refractivity contribution in [1.29, 1.82) is 5.26 Å². The van der Waals surface area contributed by atoms with Crippen LogP contribution in [0.15, 0.2) is 18.2 Å². The average Bonchev–Trinajstić information content (AvgIpc) is 2.25. The standard InChI is InChI=1S/C11H6Cl2N2/c1-6-4-9(12)11-8(10(6)13)3-2-7(5-14)15-11/h2-4H,1H3. The fourth-order valence-electron chi connectivity index (χ4n) is 1.41. The van der Waals surface area contributed by atoms with Gasteiger partial charge in [-0.2, -0.15) is 5.26 Å². The van der Waals surface area contributed by atoms with Crippen molar-refractivity contribution < 1.29 is 0 Å². The lowest BCUT2D eigenvalue weighted by atomic mass is 10.1. The number of hydrogen-bond donors (Lipinski definition) is 0. The second-order valence-corrected chi connectivity index (χ2v) is 3.98. The summed E-state index contributed by atoms with van der Waals surface area (Å²) < 4.78 is 0. The Bertz CT molecular complexity index is 585. The van der Waals surface area contributed by atoms with E-state index in [1.165, 1.54) is 0 Å². The Morgan fingerprint density at radius 2 is 2.07 bits per heavy atom. The fraction of sp³-hybridized carbons (Fsp3) is 0.0909. The van der Waals surface area contributed by atoms with Crippen molar-refractivity contribution in [3.8, 4) is 6.07 Å². The number of aryl methyl sites for hydroxylation is 1. The van der Waals surface area contributed by atoms with Crippen LogP contribution in [0, 0.1) is 18.3 Å². The normalized spacial score (nSPS) is 10.3. The number of fused-ring (bicyclic) bond motifs is 1. The predicted octanol–water partition coefficient (Wildman–Crippen LogP) is 3.72. The minimum absolute atomic E-state index is 0.337. The van der Waals surface area contributed by atoms with Gasteiger partial charge in [-0.15, -0.1) is 0 Å². The molecule has 0 aliphatic rings. The molecule has 0 spiro atoms. The van der Waals surface area contributed by atoms with E-state index in [1.807, 2.05) is 13.0 Å². The third-order valence-corrected chi connectivity index (χ3v) is 2.95. The van der Waals surface area contributed by atoms with E-state index in [2.05, 4.69) is 4.98 Å². The smallest absolute Gasteiger partial charge is 0.141 e. The van der Waals surface area contributed by atoms with Crippen LogP contribution in [-0.2, 0) is 0 Å². The molecule has 2 nitrogen and oxygen atoms in total. The molecule has 0 fully saturated rings. The Morgan fingerprint density at radius 1 is 1.33 bits per heavy atom. The van der Waals surface area contributed by atoms with E-state index < -0.39 is 0 Å². The molecule has 1 aromatic heterocycles. The van der Waals surface area contributed by atoms with Crippen molar-refractivity contribution >= 4 is 34.1 Å². The predicted molar refractivity (Wildman–Crippen MR) is 61.2 cm³/mol. The van der Waals surface area contributed by atoms with E-state index in [-0.39, 0.29) is 0 Å². The lowest BCUT2D eigenvalue weighted by Gasteiger charge is -2.05. The van der Waals surface area contributed by atoms with Crippen LogP contribution in [0.2, 0.25) is 10.0 Å². The summed E-state index contributed by atoms with van der Waals surface area (Å²) in [7, 11) is 0. The molecule has 0 atom stereocenters. The molecular formula is C11H6Cl2N2. The van der Waals surface area contributed by atoms with E-state index in [0.717, 1.165) is 10.9 Å².